The average molecular weight is 540 g/mol. The fraction of sp³-hybridized carbons (Fsp3) is 0.538. The van der Waals surface area contributed by atoms with Gasteiger partial charge in [-0.3, -0.25) is 4.90 Å². The minimum absolute atomic E-state index is 0.131. The highest BCUT2D eigenvalue weighted by Crippen LogP contribution is 2.38. The number of aromatic nitrogens is 2. The predicted molar refractivity (Wildman–Crippen MR) is 135 cm³/mol. The molecule has 0 radical (unpaired) electrons. The average Bonchev–Trinajstić information content (AvgIpc) is 3.07. The number of esters is 1. The van der Waals surface area contributed by atoms with Crippen molar-refractivity contribution in [3.05, 3.63) is 41.6 Å². The molecule has 11 heteroatoms. The van der Waals surface area contributed by atoms with Crippen molar-refractivity contribution in [2.75, 3.05) is 6.54 Å². The first kappa shape index (κ1) is 28.6. The molecule has 37 heavy (non-hydrogen) atoms. The Morgan fingerprint density at radius 2 is 1.70 bits per heavy atom. The van der Waals surface area contributed by atoms with Gasteiger partial charge in [-0.05, 0) is 65.8 Å². The Bertz CT molecular complexity index is 1210. The highest BCUT2D eigenvalue weighted by atomic mass is 35.5. The first-order valence-electron chi connectivity index (χ1n) is 11.8. The summed E-state index contributed by atoms with van der Waals surface area (Å²) in [6.07, 6.45) is -1.22. The van der Waals surface area contributed by atoms with Crippen LogP contribution in [0.4, 0.5) is 13.6 Å². The van der Waals surface area contributed by atoms with Gasteiger partial charge in [-0.25, -0.2) is 19.6 Å². The third-order valence-corrected chi connectivity index (χ3v) is 5.74. The highest BCUT2D eigenvalue weighted by Gasteiger charge is 2.50. The number of halogens is 3. The molecule has 3 rings (SSSR count). The standard InChI is InChI=1S/C26H32ClF2N3O5/c1-9-26(28,29)20-21(31-17-12-15(27)10-11-16(17)30-20)35-18-13-32(23(34)37-25(6,7)8)19(14(18)2)22(33)36-24(3,4)5/h9-12,14,18-19H,1,13H2,2-8H3/t14-,18+,19+/m1/s1. The van der Waals surface area contributed by atoms with Crippen molar-refractivity contribution in [3.63, 3.8) is 0 Å². The molecule has 0 aliphatic carbocycles. The van der Waals surface area contributed by atoms with E-state index in [1.54, 1.807) is 48.5 Å². The number of hydrogen-bond donors (Lipinski definition) is 0. The number of alkyl halides is 2. The van der Waals surface area contributed by atoms with Crippen LogP contribution < -0.4 is 4.74 Å². The number of carbonyl (C=O) groups is 2. The molecule has 1 fully saturated rings. The third kappa shape index (κ3) is 6.66. The molecular formula is C26H32ClF2N3O5. The first-order valence-corrected chi connectivity index (χ1v) is 12.2. The van der Waals surface area contributed by atoms with Crippen LogP contribution in [0.25, 0.3) is 11.0 Å². The molecule has 8 nitrogen and oxygen atoms in total. The van der Waals surface area contributed by atoms with Gasteiger partial charge in [-0.15, -0.1) is 0 Å². The normalized spacial score (nSPS) is 20.6. The van der Waals surface area contributed by atoms with Gasteiger partial charge in [-0.2, -0.15) is 8.78 Å². The second kappa shape index (κ2) is 10.0. The van der Waals surface area contributed by atoms with Gasteiger partial charge in [0, 0.05) is 10.9 Å². The number of nitrogens with zero attached hydrogens (tertiary/aromatic N) is 3. The van der Waals surface area contributed by atoms with E-state index in [4.69, 9.17) is 25.8 Å². The van der Waals surface area contributed by atoms with Crippen molar-refractivity contribution in [3.8, 4) is 5.88 Å². The lowest BCUT2D eigenvalue weighted by atomic mass is 10.00. The van der Waals surface area contributed by atoms with Crippen LogP contribution in [0.1, 0.15) is 54.2 Å². The van der Waals surface area contributed by atoms with E-state index >= 15 is 0 Å². The van der Waals surface area contributed by atoms with Crippen molar-refractivity contribution in [2.45, 2.75) is 77.7 Å². The summed E-state index contributed by atoms with van der Waals surface area (Å²) >= 11 is 6.05. The van der Waals surface area contributed by atoms with Crippen LogP contribution in [0, 0.1) is 5.92 Å². The number of rotatable bonds is 5. The molecule has 202 valence electrons. The van der Waals surface area contributed by atoms with Crippen molar-refractivity contribution in [2.24, 2.45) is 5.92 Å². The van der Waals surface area contributed by atoms with Crippen molar-refractivity contribution in [1.29, 1.82) is 0 Å². The SMILES string of the molecule is C=CC(F)(F)c1nc2ccc(Cl)cc2nc1O[C@H]1CN(C(=O)OC(C)(C)C)[C@H](C(=O)OC(C)(C)C)[C@@H]1C. The van der Waals surface area contributed by atoms with E-state index in [0.717, 1.165) is 0 Å². The van der Waals surface area contributed by atoms with Gasteiger partial charge in [0.25, 0.3) is 0 Å². The van der Waals surface area contributed by atoms with Crippen molar-refractivity contribution < 1.29 is 32.6 Å². The summed E-state index contributed by atoms with van der Waals surface area (Å²) < 4.78 is 46.7. The van der Waals surface area contributed by atoms with E-state index in [9.17, 15) is 18.4 Å². The van der Waals surface area contributed by atoms with Crippen LogP contribution in [0.5, 0.6) is 5.88 Å². The summed E-state index contributed by atoms with van der Waals surface area (Å²) in [5.74, 6) is -5.34. The summed E-state index contributed by atoms with van der Waals surface area (Å²) in [7, 11) is 0. The zero-order chi connectivity index (χ0) is 27.9. The van der Waals surface area contributed by atoms with Gasteiger partial charge < -0.3 is 14.2 Å². The number of likely N-dealkylation sites (tertiary alicyclic amines) is 1. The van der Waals surface area contributed by atoms with Crippen LogP contribution in [0.3, 0.4) is 0 Å². The number of amides is 1. The molecule has 2 heterocycles. The second-order valence-corrected chi connectivity index (χ2v) is 11.4. The second-order valence-electron chi connectivity index (χ2n) is 11.0. The maximum atomic E-state index is 14.8. The predicted octanol–water partition coefficient (Wildman–Crippen LogP) is 5.91. The molecule has 1 aliphatic rings. The van der Waals surface area contributed by atoms with Crippen LogP contribution >= 0.6 is 11.6 Å². The molecule has 2 aromatic rings. The van der Waals surface area contributed by atoms with Crippen molar-refractivity contribution >= 4 is 34.7 Å². The molecule has 3 atom stereocenters. The molecule has 1 aliphatic heterocycles. The number of fused-ring (bicyclic) bond motifs is 1. The van der Waals surface area contributed by atoms with Crippen LogP contribution in [-0.4, -0.2) is 56.8 Å². The number of carbonyl (C=O) groups excluding carboxylic acids is 2. The van der Waals surface area contributed by atoms with Crippen molar-refractivity contribution in [1.82, 2.24) is 14.9 Å². The molecule has 0 saturated carbocycles. The lowest BCUT2D eigenvalue weighted by molar-refractivity contribution is -0.161. The maximum Gasteiger partial charge on any atom is 0.411 e. The molecule has 1 amide bonds. The Kier molecular flexibility index (Phi) is 7.75. The van der Waals surface area contributed by atoms with E-state index in [1.807, 2.05) is 0 Å². The van der Waals surface area contributed by atoms with Gasteiger partial charge in [-0.1, -0.05) is 25.1 Å². The minimum Gasteiger partial charge on any atom is -0.471 e. The van der Waals surface area contributed by atoms with E-state index in [-0.39, 0.29) is 17.6 Å². The quantitative estimate of drug-likeness (QED) is 0.345. The Labute approximate surface area is 219 Å². The summed E-state index contributed by atoms with van der Waals surface area (Å²) in [6.45, 7) is 14.9. The first-order chi connectivity index (χ1) is 16.9. The van der Waals surface area contributed by atoms with Gasteiger partial charge in [0.15, 0.2) is 5.69 Å². The Hall–Kier alpha value is -3.01. The van der Waals surface area contributed by atoms with Gasteiger partial charge in [0.2, 0.25) is 5.88 Å². The third-order valence-electron chi connectivity index (χ3n) is 5.50. The maximum absolute atomic E-state index is 14.8. The monoisotopic (exact) mass is 539 g/mol. The Balaban J connectivity index is 2.03. The Morgan fingerprint density at radius 3 is 2.27 bits per heavy atom. The molecule has 0 spiro atoms. The molecule has 1 saturated heterocycles. The topological polar surface area (TPSA) is 90.9 Å². The number of allylic oxidation sites excluding steroid dienone is 1. The largest absolute Gasteiger partial charge is 0.471 e. The van der Waals surface area contributed by atoms with Gasteiger partial charge in [0.05, 0.1) is 17.6 Å². The summed E-state index contributed by atoms with van der Waals surface area (Å²) in [5.41, 5.74) is -1.97. The van der Waals surface area contributed by atoms with Gasteiger partial charge >= 0.3 is 18.0 Å². The van der Waals surface area contributed by atoms with E-state index in [0.29, 0.717) is 11.1 Å². The lowest BCUT2D eigenvalue weighted by Crippen LogP contribution is -2.47. The van der Waals surface area contributed by atoms with E-state index < -0.39 is 58.8 Å². The lowest BCUT2D eigenvalue weighted by Gasteiger charge is -2.30. The van der Waals surface area contributed by atoms with Gasteiger partial charge in [0.1, 0.15) is 23.3 Å². The number of benzene rings is 1. The molecule has 0 unspecified atom stereocenters. The molecule has 1 aromatic carbocycles. The fourth-order valence-electron chi connectivity index (χ4n) is 3.87. The zero-order valence-electron chi connectivity index (χ0n) is 22.0. The smallest absolute Gasteiger partial charge is 0.411 e. The fourth-order valence-corrected chi connectivity index (χ4v) is 4.04. The molecule has 1 aromatic heterocycles. The highest BCUT2D eigenvalue weighted by molar-refractivity contribution is 6.31. The van der Waals surface area contributed by atoms with Crippen LogP contribution in [0.15, 0.2) is 30.9 Å². The van der Waals surface area contributed by atoms with Crippen LogP contribution in [-0.2, 0) is 20.2 Å². The number of hydrogen-bond acceptors (Lipinski definition) is 7. The molecule has 0 N–H and O–H groups in total. The molecule has 0 bridgehead atoms. The minimum atomic E-state index is -3.56. The summed E-state index contributed by atoms with van der Waals surface area (Å²) in [4.78, 5) is 35.7. The number of ether oxygens (including phenoxy) is 3. The van der Waals surface area contributed by atoms with E-state index in [1.165, 1.54) is 23.1 Å². The summed E-state index contributed by atoms with van der Waals surface area (Å²) in [5, 5.41) is 0.339. The Morgan fingerprint density at radius 1 is 1.08 bits per heavy atom. The van der Waals surface area contributed by atoms with Crippen LogP contribution in [0.2, 0.25) is 5.02 Å². The summed E-state index contributed by atoms with van der Waals surface area (Å²) in [6, 6.07) is 3.38. The zero-order valence-corrected chi connectivity index (χ0v) is 22.7. The van der Waals surface area contributed by atoms with E-state index in [2.05, 4.69) is 16.5 Å². The molecular weight excluding hydrogens is 508 g/mol.